The first-order valence-electron chi connectivity index (χ1n) is 4.58. The van der Waals surface area contributed by atoms with Crippen molar-refractivity contribution < 1.29 is 13.5 Å². The molecule has 0 aromatic heterocycles. The highest BCUT2D eigenvalue weighted by atomic mass is 35.5. The molecule has 1 aromatic rings. The average molecular weight is 253 g/mol. The van der Waals surface area contributed by atoms with Crippen LogP contribution < -0.4 is 16.2 Å². The molecule has 0 aliphatic rings. The van der Waals surface area contributed by atoms with Crippen LogP contribution in [0, 0.1) is 11.6 Å². The van der Waals surface area contributed by atoms with Gasteiger partial charge in [0.05, 0.1) is 7.11 Å². The minimum atomic E-state index is -0.721. The molecule has 0 radical (unpaired) electrons. The van der Waals surface area contributed by atoms with Crippen molar-refractivity contribution in [3.63, 3.8) is 0 Å². The van der Waals surface area contributed by atoms with Gasteiger partial charge >= 0.3 is 0 Å². The van der Waals surface area contributed by atoms with Gasteiger partial charge in [0.2, 0.25) is 0 Å². The summed E-state index contributed by atoms with van der Waals surface area (Å²) in [5.41, 5.74) is 10.7. The van der Waals surface area contributed by atoms with Crippen LogP contribution in [0.2, 0.25) is 0 Å². The van der Waals surface area contributed by atoms with E-state index in [0.29, 0.717) is 6.42 Å². The molecule has 0 aliphatic carbocycles. The summed E-state index contributed by atoms with van der Waals surface area (Å²) in [6.45, 7) is 0.284. The van der Waals surface area contributed by atoms with Crippen LogP contribution in [-0.4, -0.2) is 13.7 Å². The fraction of sp³-hybridized carbons (Fsp3) is 0.400. The van der Waals surface area contributed by atoms with Crippen molar-refractivity contribution in [2.45, 2.75) is 12.5 Å². The van der Waals surface area contributed by atoms with Gasteiger partial charge in [0.1, 0.15) is 17.4 Å². The topological polar surface area (TPSA) is 61.3 Å². The number of hydrogen-bond acceptors (Lipinski definition) is 3. The summed E-state index contributed by atoms with van der Waals surface area (Å²) in [6, 6.07) is 1.49. The molecular formula is C10H15ClF2N2O. The largest absolute Gasteiger partial charge is 0.497 e. The SMILES string of the molecule is COc1cc(F)c([C@@H](N)CCN)c(F)c1.Cl. The second kappa shape index (κ2) is 6.62. The van der Waals surface area contributed by atoms with Gasteiger partial charge in [-0.3, -0.25) is 0 Å². The average Bonchev–Trinajstić information content (AvgIpc) is 2.16. The third-order valence-electron chi connectivity index (χ3n) is 2.14. The molecule has 0 unspecified atom stereocenters. The summed E-state index contributed by atoms with van der Waals surface area (Å²) in [4.78, 5) is 0. The molecule has 1 atom stereocenters. The first-order valence-corrected chi connectivity index (χ1v) is 4.58. The third-order valence-corrected chi connectivity index (χ3v) is 2.14. The van der Waals surface area contributed by atoms with E-state index in [4.69, 9.17) is 16.2 Å². The predicted molar refractivity (Wildman–Crippen MR) is 60.8 cm³/mol. The molecule has 0 heterocycles. The van der Waals surface area contributed by atoms with Crippen molar-refractivity contribution in [1.82, 2.24) is 0 Å². The zero-order chi connectivity index (χ0) is 11.4. The molecule has 16 heavy (non-hydrogen) atoms. The van der Waals surface area contributed by atoms with Crippen LogP contribution in [0.4, 0.5) is 8.78 Å². The number of ether oxygens (including phenoxy) is 1. The normalized spacial score (nSPS) is 11.8. The minimum Gasteiger partial charge on any atom is -0.497 e. The Balaban J connectivity index is 0.00000225. The van der Waals surface area contributed by atoms with E-state index >= 15 is 0 Å². The first kappa shape index (κ1) is 15.1. The molecule has 0 aliphatic heterocycles. The zero-order valence-electron chi connectivity index (χ0n) is 8.87. The van der Waals surface area contributed by atoms with Gasteiger partial charge in [0.15, 0.2) is 0 Å². The molecule has 4 N–H and O–H groups in total. The van der Waals surface area contributed by atoms with E-state index < -0.39 is 17.7 Å². The Morgan fingerprint density at radius 1 is 1.31 bits per heavy atom. The number of rotatable bonds is 4. The van der Waals surface area contributed by atoms with E-state index in [9.17, 15) is 8.78 Å². The molecule has 1 aromatic carbocycles. The van der Waals surface area contributed by atoms with E-state index in [1.54, 1.807) is 0 Å². The van der Waals surface area contributed by atoms with Gasteiger partial charge in [-0.2, -0.15) is 0 Å². The van der Waals surface area contributed by atoms with Crippen LogP contribution in [0.25, 0.3) is 0 Å². The Morgan fingerprint density at radius 3 is 2.19 bits per heavy atom. The smallest absolute Gasteiger partial charge is 0.134 e. The van der Waals surface area contributed by atoms with Gasteiger partial charge in [-0.1, -0.05) is 0 Å². The molecule has 0 saturated carbocycles. The monoisotopic (exact) mass is 252 g/mol. The quantitative estimate of drug-likeness (QED) is 0.858. The molecule has 92 valence electrons. The lowest BCUT2D eigenvalue weighted by atomic mass is 10.0. The third kappa shape index (κ3) is 3.30. The lowest BCUT2D eigenvalue weighted by Crippen LogP contribution is -2.18. The van der Waals surface area contributed by atoms with Crippen LogP contribution in [0.3, 0.4) is 0 Å². The lowest BCUT2D eigenvalue weighted by molar-refractivity contribution is 0.403. The maximum absolute atomic E-state index is 13.4. The Kier molecular flexibility index (Phi) is 6.25. The van der Waals surface area contributed by atoms with Gasteiger partial charge in [0.25, 0.3) is 0 Å². The van der Waals surface area contributed by atoms with Gasteiger partial charge < -0.3 is 16.2 Å². The maximum Gasteiger partial charge on any atom is 0.134 e. The maximum atomic E-state index is 13.4. The van der Waals surface area contributed by atoms with Gasteiger partial charge in [-0.15, -0.1) is 12.4 Å². The Bertz CT molecular complexity index is 327. The summed E-state index contributed by atoms with van der Waals surface area (Å²) in [6.07, 6.45) is 0.334. The van der Waals surface area contributed by atoms with Crippen LogP contribution in [0.15, 0.2) is 12.1 Å². The molecule has 0 saturated heterocycles. The van der Waals surface area contributed by atoms with Crippen molar-refractivity contribution >= 4 is 12.4 Å². The predicted octanol–water partition coefficient (Wildman–Crippen LogP) is 1.74. The van der Waals surface area contributed by atoms with Crippen LogP contribution in [-0.2, 0) is 0 Å². The molecular weight excluding hydrogens is 238 g/mol. The van der Waals surface area contributed by atoms with Crippen molar-refractivity contribution in [2.75, 3.05) is 13.7 Å². The Labute approximate surface area is 99.2 Å². The summed E-state index contributed by atoms with van der Waals surface area (Å²) in [5.74, 6) is -1.27. The lowest BCUT2D eigenvalue weighted by Gasteiger charge is -2.13. The Hall–Kier alpha value is -0.910. The Morgan fingerprint density at radius 2 is 1.81 bits per heavy atom. The van der Waals surface area contributed by atoms with Crippen molar-refractivity contribution in [3.05, 3.63) is 29.3 Å². The van der Waals surface area contributed by atoms with Crippen LogP contribution in [0.5, 0.6) is 5.75 Å². The minimum absolute atomic E-state index is 0. The molecule has 0 fully saturated rings. The summed E-state index contributed by atoms with van der Waals surface area (Å²) in [5, 5.41) is 0. The molecule has 3 nitrogen and oxygen atoms in total. The highest BCUT2D eigenvalue weighted by molar-refractivity contribution is 5.85. The van der Waals surface area contributed by atoms with Gasteiger partial charge in [0, 0.05) is 23.7 Å². The van der Waals surface area contributed by atoms with Crippen molar-refractivity contribution in [2.24, 2.45) is 11.5 Å². The fourth-order valence-corrected chi connectivity index (χ4v) is 1.36. The number of methoxy groups -OCH3 is 1. The standard InChI is InChI=1S/C10H14F2N2O.ClH/c1-15-6-4-7(11)10(8(12)5-6)9(14)2-3-13;/h4-5,9H,2-3,13-14H2,1H3;1H/t9-;/m0./s1. The first-order chi connectivity index (χ1) is 7.10. The highest BCUT2D eigenvalue weighted by Gasteiger charge is 2.17. The van der Waals surface area contributed by atoms with E-state index in [-0.39, 0.29) is 30.3 Å². The summed E-state index contributed by atoms with van der Waals surface area (Å²) < 4.78 is 31.6. The van der Waals surface area contributed by atoms with E-state index in [2.05, 4.69) is 0 Å². The molecule has 0 bridgehead atoms. The number of halogens is 3. The second-order valence-electron chi connectivity index (χ2n) is 3.19. The summed E-state index contributed by atoms with van der Waals surface area (Å²) >= 11 is 0. The fourth-order valence-electron chi connectivity index (χ4n) is 1.36. The van der Waals surface area contributed by atoms with E-state index in [1.165, 1.54) is 7.11 Å². The second-order valence-corrected chi connectivity index (χ2v) is 3.19. The molecule has 6 heteroatoms. The van der Waals surface area contributed by atoms with Gasteiger partial charge in [-0.25, -0.2) is 8.78 Å². The van der Waals surface area contributed by atoms with E-state index in [0.717, 1.165) is 12.1 Å². The number of hydrogen-bond donors (Lipinski definition) is 2. The van der Waals surface area contributed by atoms with Crippen LogP contribution in [0.1, 0.15) is 18.0 Å². The molecule has 0 amide bonds. The van der Waals surface area contributed by atoms with Crippen molar-refractivity contribution in [3.8, 4) is 5.75 Å². The zero-order valence-corrected chi connectivity index (χ0v) is 9.69. The molecule has 0 spiro atoms. The summed E-state index contributed by atoms with van der Waals surface area (Å²) in [7, 11) is 1.34. The van der Waals surface area contributed by atoms with Gasteiger partial charge in [-0.05, 0) is 13.0 Å². The van der Waals surface area contributed by atoms with Crippen molar-refractivity contribution in [1.29, 1.82) is 0 Å². The highest BCUT2D eigenvalue weighted by Crippen LogP contribution is 2.25. The van der Waals surface area contributed by atoms with Crippen LogP contribution >= 0.6 is 12.4 Å². The number of benzene rings is 1. The molecule has 1 rings (SSSR count). The number of nitrogens with two attached hydrogens (primary N) is 2. The van der Waals surface area contributed by atoms with E-state index in [1.807, 2.05) is 0 Å².